The minimum Gasteiger partial charge on any atom is -0.353 e. The summed E-state index contributed by atoms with van der Waals surface area (Å²) in [5.74, 6) is 1.97. The van der Waals surface area contributed by atoms with E-state index >= 15 is 0 Å². The number of halogens is 1. The number of nitrogens with one attached hydrogen (secondary N) is 2. The van der Waals surface area contributed by atoms with Crippen molar-refractivity contribution in [1.82, 2.24) is 20.4 Å². The van der Waals surface area contributed by atoms with E-state index < -0.39 is 0 Å². The second-order valence-electron chi connectivity index (χ2n) is 12.2. The lowest BCUT2D eigenvalue weighted by atomic mass is 9.47. The number of fused-ring (bicyclic) bond motifs is 5. The standard InChI is InChI=1S/C27H46N4O3.ClH/c1-6-28-25(34)31(17-7-16-30(4)5)24(33)21-10-9-19-18-8-11-22-27(3,15-13-23(32)29-22)20(18)12-14-26(19,21)2;/h18-22H,6-17H2,1-5H3,(H,28,34)(H,29,32);1H/t18-,19-,20-,21+,22+,26-,27+;/m0./s1. The molecular formula is C27H47ClN4O3. The molecule has 4 rings (SSSR count). The van der Waals surface area contributed by atoms with Crippen LogP contribution in [0.4, 0.5) is 4.79 Å². The molecule has 3 saturated carbocycles. The van der Waals surface area contributed by atoms with Gasteiger partial charge < -0.3 is 15.5 Å². The third-order valence-electron chi connectivity index (χ3n) is 10.2. The highest BCUT2D eigenvalue weighted by atomic mass is 35.5. The summed E-state index contributed by atoms with van der Waals surface area (Å²) in [7, 11) is 4.04. The second kappa shape index (κ2) is 11.0. The lowest BCUT2D eigenvalue weighted by Crippen LogP contribution is -2.61. The minimum absolute atomic E-state index is 0. The fraction of sp³-hybridized carbons (Fsp3) is 0.889. The number of hydrogen-bond acceptors (Lipinski definition) is 4. The van der Waals surface area contributed by atoms with Crippen molar-refractivity contribution < 1.29 is 14.4 Å². The van der Waals surface area contributed by atoms with Crippen LogP contribution in [-0.2, 0) is 9.59 Å². The predicted octanol–water partition coefficient (Wildman–Crippen LogP) is 4.06. The Hall–Kier alpha value is -1.34. The second-order valence-corrected chi connectivity index (χ2v) is 12.2. The van der Waals surface area contributed by atoms with Gasteiger partial charge in [0.15, 0.2) is 0 Å². The molecule has 0 aromatic carbocycles. The smallest absolute Gasteiger partial charge is 0.324 e. The summed E-state index contributed by atoms with van der Waals surface area (Å²) < 4.78 is 0. The highest BCUT2D eigenvalue weighted by Crippen LogP contribution is 2.65. The van der Waals surface area contributed by atoms with Gasteiger partial charge in [-0.25, -0.2) is 4.79 Å². The molecule has 4 aliphatic rings. The van der Waals surface area contributed by atoms with Crippen LogP contribution in [0.15, 0.2) is 0 Å². The molecule has 8 heteroatoms. The molecule has 1 heterocycles. The van der Waals surface area contributed by atoms with E-state index in [0.29, 0.717) is 43.3 Å². The first kappa shape index (κ1) is 28.2. The molecule has 4 fully saturated rings. The fourth-order valence-electron chi connectivity index (χ4n) is 8.40. The Morgan fingerprint density at radius 2 is 1.71 bits per heavy atom. The number of hydrogen-bond donors (Lipinski definition) is 2. The number of rotatable bonds is 6. The largest absolute Gasteiger partial charge is 0.353 e. The van der Waals surface area contributed by atoms with Gasteiger partial charge in [0.1, 0.15) is 0 Å². The van der Waals surface area contributed by atoms with Crippen molar-refractivity contribution in [3.63, 3.8) is 0 Å². The van der Waals surface area contributed by atoms with Crippen LogP contribution in [0, 0.1) is 34.5 Å². The molecule has 0 aromatic heterocycles. The van der Waals surface area contributed by atoms with Crippen molar-refractivity contribution in [2.75, 3.05) is 33.7 Å². The summed E-state index contributed by atoms with van der Waals surface area (Å²) >= 11 is 0. The molecule has 0 aromatic rings. The Kier molecular flexibility index (Phi) is 8.84. The van der Waals surface area contributed by atoms with Crippen LogP contribution in [-0.4, -0.2) is 67.4 Å². The van der Waals surface area contributed by atoms with Crippen LogP contribution < -0.4 is 10.6 Å². The maximum Gasteiger partial charge on any atom is 0.324 e. The topological polar surface area (TPSA) is 81.8 Å². The number of nitrogens with zero attached hydrogens (tertiary/aromatic N) is 2. The number of amides is 4. The summed E-state index contributed by atoms with van der Waals surface area (Å²) in [6, 6.07) is 0.0704. The molecule has 0 bridgehead atoms. The Bertz CT molecular complexity index is 807. The van der Waals surface area contributed by atoms with Gasteiger partial charge in [-0.3, -0.25) is 14.5 Å². The van der Waals surface area contributed by atoms with Crippen molar-refractivity contribution in [2.45, 2.75) is 84.6 Å². The average Bonchev–Trinajstić information content (AvgIpc) is 3.14. The van der Waals surface area contributed by atoms with E-state index in [0.717, 1.165) is 57.9 Å². The first-order valence-electron chi connectivity index (χ1n) is 13.6. The first-order valence-corrected chi connectivity index (χ1v) is 13.6. The van der Waals surface area contributed by atoms with E-state index in [1.54, 1.807) is 0 Å². The molecule has 1 aliphatic heterocycles. The molecule has 200 valence electrons. The summed E-state index contributed by atoms with van der Waals surface area (Å²) in [5, 5.41) is 6.18. The van der Waals surface area contributed by atoms with Gasteiger partial charge in [-0.05, 0) is 108 Å². The van der Waals surface area contributed by atoms with Gasteiger partial charge in [-0.2, -0.15) is 0 Å². The summed E-state index contributed by atoms with van der Waals surface area (Å²) in [6.45, 7) is 8.52. The molecule has 7 atom stereocenters. The SMILES string of the molecule is CCNC(=O)N(CCCN(C)C)C(=O)[C@H]1CC[C@H]2[C@@H]3CC[C@H]4NC(=O)CC[C@]4(C)[C@H]3CC[C@]12C.Cl. The van der Waals surface area contributed by atoms with Gasteiger partial charge in [-0.15, -0.1) is 12.4 Å². The van der Waals surface area contributed by atoms with Crippen LogP contribution in [0.1, 0.15) is 78.6 Å². The van der Waals surface area contributed by atoms with Crippen molar-refractivity contribution in [3.8, 4) is 0 Å². The monoisotopic (exact) mass is 510 g/mol. The average molecular weight is 511 g/mol. The molecule has 7 nitrogen and oxygen atoms in total. The van der Waals surface area contributed by atoms with Crippen LogP contribution in [0.5, 0.6) is 0 Å². The van der Waals surface area contributed by atoms with Crippen molar-refractivity contribution in [3.05, 3.63) is 0 Å². The van der Waals surface area contributed by atoms with E-state index in [9.17, 15) is 14.4 Å². The molecule has 0 spiro atoms. The first-order chi connectivity index (χ1) is 16.1. The Balaban J connectivity index is 0.00000342. The molecule has 4 amide bonds. The molecular weight excluding hydrogens is 464 g/mol. The third-order valence-corrected chi connectivity index (χ3v) is 10.2. The zero-order chi connectivity index (χ0) is 24.7. The van der Waals surface area contributed by atoms with Gasteiger partial charge >= 0.3 is 6.03 Å². The highest BCUT2D eigenvalue weighted by molar-refractivity contribution is 5.96. The van der Waals surface area contributed by atoms with Crippen molar-refractivity contribution in [2.24, 2.45) is 34.5 Å². The Labute approximate surface area is 217 Å². The number of imide groups is 1. The number of carbonyl (C=O) groups is 3. The van der Waals surface area contributed by atoms with Gasteiger partial charge in [0, 0.05) is 31.5 Å². The molecule has 3 aliphatic carbocycles. The Morgan fingerprint density at radius 3 is 2.40 bits per heavy atom. The third kappa shape index (κ3) is 5.09. The van der Waals surface area contributed by atoms with Crippen molar-refractivity contribution >= 4 is 30.3 Å². The van der Waals surface area contributed by atoms with Crippen LogP contribution in [0.3, 0.4) is 0 Å². The zero-order valence-electron chi connectivity index (χ0n) is 22.4. The van der Waals surface area contributed by atoms with Crippen LogP contribution >= 0.6 is 12.4 Å². The molecule has 0 unspecified atom stereocenters. The van der Waals surface area contributed by atoms with E-state index in [2.05, 4.69) is 29.4 Å². The van der Waals surface area contributed by atoms with Gasteiger partial charge in [0.2, 0.25) is 11.8 Å². The van der Waals surface area contributed by atoms with Crippen LogP contribution in [0.2, 0.25) is 0 Å². The lowest BCUT2D eigenvalue weighted by molar-refractivity contribution is -0.145. The minimum atomic E-state index is -0.238. The lowest BCUT2D eigenvalue weighted by Gasteiger charge is -2.60. The molecule has 0 radical (unpaired) electrons. The van der Waals surface area contributed by atoms with E-state index in [1.807, 2.05) is 21.0 Å². The molecule has 1 saturated heterocycles. The van der Waals surface area contributed by atoms with E-state index in [-0.39, 0.29) is 47.0 Å². The maximum atomic E-state index is 13.9. The molecule has 2 N–H and O–H groups in total. The maximum absolute atomic E-state index is 13.9. The van der Waals surface area contributed by atoms with Gasteiger partial charge in [0.25, 0.3) is 0 Å². The highest BCUT2D eigenvalue weighted by Gasteiger charge is 2.61. The number of urea groups is 1. The quantitative estimate of drug-likeness (QED) is 0.564. The van der Waals surface area contributed by atoms with E-state index in [1.165, 1.54) is 4.90 Å². The zero-order valence-corrected chi connectivity index (χ0v) is 23.2. The summed E-state index contributed by atoms with van der Waals surface area (Å²) in [6.07, 6.45) is 8.80. The van der Waals surface area contributed by atoms with Crippen molar-refractivity contribution in [1.29, 1.82) is 0 Å². The van der Waals surface area contributed by atoms with Gasteiger partial charge in [0.05, 0.1) is 0 Å². The van der Waals surface area contributed by atoms with Gasteiger partial charge in [-0.1, -0.05) is 13.8 Å². The normalized spacial score (nSPS) is 37.9. The fourth-order valence-corrected chi connectivity index (χ4v) is 8.40. The number of carbonyl (C=O) groups excluding carboxylic acids is 3. The Morgan fingerprint density at radius 1 is 1.00 bits per heavy atom. The van der Waals surface area contributed by atoms with Crippen LogP contribution in [0.25, 0.3) is 0 Å². The predicted molar refractivity (Wildman–Crippen MR) is 140 cm³/mol. The number of piperidine rings is 1. The van der Waals surface area contributed by atoms with E-state index in [4.69, 9.17) is 0 Å². The molecule has 35 heavy (non-hydrogen) atoms. The summed E-state index contributed by atoms with van der Waals surface area (Å²) in [4.78, 5) is 42.4. The summed E-state index contributed by atoms with van der Waals surface area (Å²) in [5.41, 5.74) is 0.144.